The van der Waals surface area contributed by atoms with E-state index < -0.39 is 22.7 Å². The first-order valence-electron chi connectivity index (χ1n) is 7.96. The maximum absolute atomic E-state index is 13.5. The minimum atomic E-state index is -0.908. The number of nitrogens with zero attached hydrogens (tertiary/aromatic N) is 1. The maximum atomic E-state index is 13.5. The van der Waals surface area contributed by atoms with Crippen LogP contribution in [0, 0.1) is 5.82 Å². The molecule has 1 aromatic rings. The van der Waals surface area contributed by atoms with Gasteiger partial charge in [-0.2, -0.15) is 0 Å². The summed E-state index contributed by atoms with van der Waals surface area (Å²) in [4.78, 5) is 27.8. The third kappa shape index (κ3) is 8.60. The van der Waals surface area contributed by atoms with Crippen LogP contribution in [0.5, 0.6) is 0 Å². The molecule has 6 nitrogen and oxygen atoms in total. The summed E-state index contributed by atoms with van der Waals surface area (Å²) in [6.45, 7) is 9.22. The fraction of sp³-hybridized carbons (Fsp3) is 0.471. The highest BCUT2D eigenvalue weighted by Crippen LogP contribution is 2.23. The molecule has 0 bridgehead atoms. The summed E-state index contributed by atoms with van der Waals surface area (Å²) in [5.41, 5.74) is 4.54. The number of carbonyl (C=O) groups is 2. The van der Waals surface area contributed by atoms with Crippen molar-refractivity contribution in [3.8, 4) is 0 Å². The molecule has 0 fully saturated rings. The number of esters is 1. The quantitative estimate of drug-likeness (QED) is 0.187. The van der Waals surface area contributed by atoms with Crippen LogP contribution in [0.2, 0.25) is 10.3 Å². The molecular weight excluding hydrogens is 384 g/mol. The average Bonchev–Trinajstić information content (AvgIpc) is 2.50. The van der Waals surface area contributed by atoms with Crippen LogP contribution in [0.25, 0.3) is 0 Å². The van der Waals surface area contributed by atoms with Gasteiger partial charge in [-0.15, -0.1) is 0 Å². The van der Waals surface area contributed by atoms with E-state index in [0.717, 1.165) is 6.07 Å². The van der Waals surface area contributed by atoms with Crippen molar-refractivity contribution in [1.82, 2.24) is 10.3 Å². The molecule has 1 aromatic heterocycles. The number of carbonyl (C=O) groups excluding carboxylic acids is 2. The lowest BCUT2D eigenvalue weighted by Gasteiger charge is -2.10. The SMILES string of the molecule is CC(C)N.CCOC(=O)C(=CNC(C)C)C(=O)c1cc(F)c(Cl)nc1Cl. The monoisotopic (exact) mass is 407 g/mol. The van der Waals surface area contributed by atoms with Gasteiger partial charge in [-0.3, -0.25) is 4.79 Å². The predicted octanol–water partition coefficient (Wildman–Crippen LogP) is 3.51. The van der Waals surface area contributed by atoms with Crippen molar-refractivity contribution in [2.45, 2.75) is 46.7 Å². The first-order valence-corrected chi connectivity index (χ1v) is 8.71. The van der Waals surface area contributed by atoms with Crippen molar-refractivity contribution >= 4 is 35.0 Å². The number of rotatable bonds is 6. The van der Waals surface area contributed by atoms with E-state index in [4.69, 9.17) is 33.7 Å². The lowest BCUT2D eigenvalue weighted by molar-refractivity contribution is -0.138. The van der Waals surface area contributed by atoms with Crippen LogP contribution in [-0.4, -0.2) is 35.4 Å². The van der Waals surface area contributed by atoms with Gasteiger partial charge in [0, 0.05) is 12.2 Å². The Morgan fingerprint density at radius 1 is 1.31 bits per heavy atom. The number of hydrogen-bond acceptors (Lipinski definition) is 6. The third-order valence-electron chi connectivity index (χ3n) is 2.43. The second kappa shape index (κ2) is 11.8. The molecule has 0 saturated carbocycles. The van der Waals surface area contributed by atoms with E-state index in [1.807, 2.05) is 27.7 Å². The second-order valence-electron chi connectivity index (χ2n) is 5.77. The van der Waals surface area contributed by atoms with E-state index in [9.17, 15) is 14.0 Å². The van der Waals surface area contributed by atoms with Crippen molar-refractivity contribution in [3.63, 3.8) is 0 Å². The van der Waals surface area contributed by atoms with E-state index >= 15 is 0 Å². The zero-order chi connectivity index (χ0) is 20.4. The minimum Gasteiger partial charge on any atom is -0.462 e. The second-order valence-corrected chi connectivity index (χ2v) is 6.49. The number of aromatic nitrogens is 1. The first-order chi connectivity index (χ1) is 12.0. The Balaban J connectivity index is 0.00000141. The third-order valence-corrected chi connectivity index (χ3v) is 2.99. The maximum Gasteiger partial charge on any atom is 0.343 e. The molecule has 0 atom stereocenters. The number of hydrogen-bond donors (Lipinski definition) is 2. The molecular formula is C17H24Cl2FN3O3. The molecule has 0 amide bonds. The number of pyridine rings is 1. The van der Waals surface area contributed by atoms with Gasteiger partial charge in [0.2, 0.25) is 5.78 Å². The average molecular weight is 408 g/mol. The molecule has 0 aliphatic carbocycles. The molecule has 3 N–H and O–H groups in total. The Bertz CT molecular complexity index is 662. The van der Waals surface area contributed by atoms with Gasteiger partial charge in [-0.25, -0.2) is 14.2 Å². The van der Waals surface area contributed by atoms with Crippen molar-refractivity contribution in [3.05, 3.63) is 39.5 Å². The lowest BCUT2D eigenvalue weighted by atomic mass is 10.1. The van der Waals surface area contributed by atoms with Crippen LogP contribution >= 0.6 is 23.2 Å². The lowest BCUT2D eigenvalue weighted by Crippen LogP contribution is -2.23. The van der Waals surface area contributed by atoms with E-state index in [1.54, 1.807) is 6.92 Å². The first kappa shape index (κ1) is 24.3. The smallest absolute Gasteiger partial charge is 0.343 e. The summed E-state index contributed by atoms with van der Waals surface area (Å²) in [5, 5.41) is 2.06. The number of nitrogens with two attached hydrogens (primary N) is 1. The standard InChI is InChI=1S/C14H15Cl2FN2O3.C3H9N/c1-4-22-14(21)9(6-18-7(2)3)11(20)8-5-10(17)13(16)19-12(8)15;1-3(2)4/h5-7,18H,4H2,1-3H3;3H,4H2,1-2H3. The Hall–Kier alpha value is -1.70. The van der Waals surface area contributed by atoms with Crippen LogP contribution in [-0.2, 0) is 9.53 Å². The van der Waals surface area contributed by atoms with E-state index in [1.165, 1.54) is 6.20 Å². The summed E-state index contributed by atoms with van der Waals surface area (Å²) < 4.78 is 18.3. The van der Waals surface area contributed by atoms with Gasteiger partial charge in [-0.1, -0.05) is 37.0 Å². The van der Waals surface area contributed by atoms with Gasteiger partial charge < -0.3 is 15.8 Å². The van der Waals surface area contributed by atoms with Crippen LogP contribution < -0.4 is 11.1 Å². The number of Topliss-reactive ketones (excluding diaryl/α,β-unsaturated/α-hetero) is 1. The molecule has 0 aliphatic rings. The molecule has 0 spiro atoms. The number of halogens is 3. The normalized spacial score (nSPS) is 11.1. The van der Waals surface area contributed by atoms with Crippen molar-refractivity contribution < 1.29 is 18.7 Å². The molecule has 0 radical (unpaired) electrons. The zero-order valence-electron chi connectivity index (χ0n) is 15.4. The summed E-state index contributed by atoms with van der Waals surface area (Å²) >= 11 is 11.3. The zero-order valence-corrected chi connectivity index (χ0v) is 16.9. The van der Waals surface area contributed by atoms with Crippen LogP contribution in [0.15, 0.2) is 17.8 Å². The Labute approximate surface area is 162 Å². The van der Waals surface area contributed by atoms with Crippen LogP contribution in [0.4, 0.5) is 4.39 Å². The molecule has 1 rings (SSSR count). The topological polar surface area (TPSA) is 94.3 Å². The van der Waals surface area contributed by atoms with Gasteiger partial charge in [0.05, 0.1) is 12.2 Å². The molecule has 26 heavy (non-hydrogen) atoms. The summed E-state index contributed by atoms with van der Waals surface area (Å²) in [6, 6.07) is 1.15. The minimum absolute atomic E-state index is 0.0206. The summed E-state index contributed by atoms with van der Waals surface area (Å²) in [6.07, 6.45) is 1.22. The van der Waals surface area contributed by atoms with Gasteiger partial charge in [0.1, 0.15) is 10.7 Å². The number of nitrogens with one attached hydrogen (secondary N) is 1. The van der Waals surface area contributed by atoms with Gasteiger partial charge in [0.25, 0.3) is 0 Å². The van der Waals surface area contributed by atoms with E-state index in [-0.39, 0.29) is 28.9 Å². The van der Waals surface area contributed by atoms with Crippen molar-refractivity contribution in [1.29, 1.82) is 0 Å². The Morgan fingerprint density at radius 2 is 1.85 bits per heavy atom. The molecule has 0 saturated heterocycles. The molecule has 146 valence electrons. The van der Waals surface area contributed by atoms with Crippen LogP contribution in [0.1, 0.15) is 45.0 Å². The van der Waals surface area contributed by atoms with Crippen LogP contribution in [0.3, 0.4) is 0 Å². The molecule has 1 heterocycles. The molecule has 0 aliphatic heterocycles. The summed E-state index contributed by atoms with van der Waals surface area (Å²) in [5.74, 6) is -2.55. The fourth-order valence-electron chi connectivity index (χ4n) is 1.43. The molecule has 0 unspecified atom stereocenters. The highest BCUT2D eigenvalue weighted by atomic mass is 35.5. The Morgan fingerprint density at radius 3 is 2.31 bits per heavy atom. The molecule has 0 aromatic carbocycles. The van der Waals surface area contributed by atoms with Crippen molar-refractivity contribution in [2.75, 3.05) is 6.61 Å². The summed E-state index contributed by atoms with van der Waals surface area (Å²) in [7, 11) is 0. The highest BCUT2D eigenvalue weighted by Gasteiger charge is 2.25. The Kier molecular flexibility index (Phi) is 11.1. The largest absolute Gasteiger partial charge is 0.462 e. The van der Waals surface area contributed by atoms with E-state index in [0.29, 0.717) is 6.04 Å². The number of ketones is 1. The van der Waals surface area contributed by atoms with Gasteiger partial charge in [0.15, 0.2) is 11.0 Å². The highest BCUT2D eigenvalue weighted by molar-refractivity contribution is 6.37. The molecule has 9 heteroatoms. The van der Waals surface area contributed by atoms with E-state index in [2.05, 4.69) is 10.3 Å². The van der Waals surface area contributed by atoms with Crippen molar-refractivity contribution in [2.24, 2.45) is 5.73 Å². The fourth-order valence-corrected chi connectivity index (χ4v) is 1.83. The number of ether oxygens (including phenoxy) is 1. The van der Waals surface area contributed by atoms with Gasteiger partial charge >= 0.3 is 5.97 Å². The van der Waals surface area contributed by atoms with Gasteiger partial charge in [-0.05, 0) is 32.9 Å². The predicted molar refractivity (Wildman–Crippen MR) is 101 cm³/mol.